The Kier molecular flexibility index (Phi) is 6.01. The Labute approximate surface area is 199 Å². The maximum absolute atomic E-state index is 12.7. The van der Waals surface area contributed by atoms with Crippen molar-refractivity contribution in [2.45, 2.75) is 5.16 Å². The number of amides is 1. The molecule has 5 aromatic rings. The van der Waals surface area contributed by atoms with E-state index in [1.54, 1.807) is 36.9 Å². The lowest BCUT2D eigenvalue weighted by molar-refractivity contribution is -0.113. The van der Waals surface area contributed by atoms with Gasteiger partial charge in [-0.25, -0.2) is 0 Å². The van der Waals surface area contributed by atoms with Crippen LogP contribution in [0.5, 0.6) is 11.5 Å². The molecular weight excluding hydrogens is 450 g/mol. The van der Waals surface area contributed by atoms with Crippen LogP contribution in [-0.2, 0) is 4.79 Å². The number of aromatic nitrogens is 4. The summed E-state index contributed by atoms with van der Waals surface area (Å²) >= 11 is 1.26. The largest absolute Gasteiger partial charge is 0.497 e. The molecule has 1 amide bonds. The third kappa shape index (κ3) is 4.13. The fraction of sp³-hybridized carbons (Fsp3) is 0.120. The lowest BCUT2D eigenvalue weighted by Crippen LogP contribution is -2.15. The molecule has 0 atom stereocenters. The number of hydrogen-bond donors (Lipinski definition) is 1. The Morgan fingerprint density at radius 3 is 2.47 bits per heavy atom. The van der Waals surface area contributed by atoms with E-state index in [1.807, 2.05) is 54.6 Å². The van der Waals surface area contributed by atoms with Crippen LogP contribution in [0, 0.1) is 0 Å². The number of nitrogens with zero attached hydrogens (tertiary/aromatic N) is 4. The smallest absolute Gasteiger partial charge is 0.234 e. The number of rotatable bonds is 7. The molecule has 1 N–H and O–H groups in total. The number of carbonyl (C=O) groups excluding carboxylic acids is 1. The number of benzene rings is 3. The van der Waals surface area contributed by atoms with Crippen LogP contribution in [0.2, 0.25) is 0 Å². The molecule has 0 bridgehead atoms. The molecule has 0 aliphatic carbocycles. The molecular formula is C25H21N5O3S. The van der Waals surface area contributed by atoms with Crippen LogP contribution in [-0.4, -0.2) is 45.7 Å². The van der Waals surface area contributed by atoms with Gasteiger partial charge in [-0.05, 0) is 12.1 Å². The van der Waals surface area contributed by atoms with Gasteiger partial charge < -0.3 is 14.8 Å². The van der Waals surface area contributed by atoms with E-state index in [2.05, 4.69) is 15.5 Å². The second kappa shape index (κ2) is 9.40. The van der Waals surface area contributed by atoms with Crippen molar-refractivity contribution in [2.24, 2.45) is 0 Å². The van der Waals surface area contributed by atoms with Crippen molar-refractivity contribution in [1.82, 2.24) is 19.8 Å². The van der Waals surface area contributed by atoms with E-state index < -0.39 is 0 Å². The fourth-order valence-corrected chi connectivity index (χ4v) is 4.37. The first-order chi connectivity index (χ1) is 16.7. The molecule has 2 aromatic heterocycles. The minimum Gasteiger partial charge on any atom is -0.497 e. The molecule has 0 radical (unpaired) electrons. The second-order valence-electron chi connectivity index (χ2n) is 7.38. The summed E-state index contributed by atoms with van der Waals surface area (Å²) in [7, 11) is 3.12. The van der Waals surface area contributed by atoms with E-state index >= 15 is 0 Å². The number of hydrogen-bond acceptors (Lipinski definition) is 7. The Morgan fingerprint density at radius 1 is 0.941 bits per heavy atom. The lowest BCUT2D eigenvalue weighted by atomic mass is 10.1. The molecule has 8 nitrogen and oxygen atoms in total. The summed E-state index contributed by atoms with van der Waals surface area (Å²) in [5.74, 6) is 1.08. The van der Waals surface area contributed by atoms with E-state index in [0.29, 0.717) is 28.0 Å². The molecule has 2 heterocycles. The molecule has 170 valence electrons. The van der Waals surface area contributed by atoms with Gasteiger partial charge in [0.15, 0.2) is 5.65 Å². The predicted molar refractivity (Wildman–Crippen MR) is 133 cm³/mol. The number of ether oxygens (including phenoxy) is 2. The van der Waals surface area contributed by atoms with Gasteiger partial charge in [-0.2, -0.15) is 9.61 Å². The average molecular weight is 472 g/mol. The first-order valence-corrected chi connectivity index (χ1v) is 11.5. The second-order valence-corrected chi connectivity index (χ2v) is 8.32. The van der Waals surface area contributed by atoms with Crippen molar-refractivity contribution < 1.29 is 14.3 Å². The summed E-state index contributed by atoms with van der Waals surface area (Å²) < 4.78 is 12.3. The van der Waals surface area contributed by atoms with Gasteiger partial charge in [-0.3, -0.25) is 4.79 Å². The zero-order chi connectivity index (χ0) is 23.5. The van der Waals surface area contributed by atoms with Crippen LogP contribution in [0.25, 0.3) is 27.7 Å². The van der Waals surface area contributed by atoms with Crippen molar-refractivity contribution in [3.05, 3.63) is 72.8 Å². The van der Waals surface area contributed by atoms with Gasteiger partial charge in [0, 0.05) is 22.4 Å². The SMILES string of the molecule is COc1ccc(OC)c(NC(=O)CSc2nnc3c4ccccc4c(-c4ccccc4)nn23)c1. The fourth-order valence-electron chi connectivity index (χ4n) is 3.69. The molecule has 0 spiro atoms. The summed E-state index contributed by atoms with van der Waals surface area (Å²) in [6.45, 7) is 0. The van der Waals surface area contributed by atoms with Crippen molar-refractivity contribution >= 4 is 39.8 Å². The van der Waals surface area contributed by atoms with Crippen LogP contribution < -0.4 is 14.8 Å². The summed E-state index contributed by atoms with van der Waals surface area (Å²) in [6.07, 6.45) is 0. The van der Waals surface area contributed by atoms with Crippen LogP contribution >= 0.6 is 11.8 Å². The van der Waals surface area contributed by atoms with Crippen LogP contribution in [0.3, 0.4) is 0 Å². The zero-order valence-electron chi connectivity index (χ0n) is 18.6. The predicted octanol–water partition coefficient (Wildman–Crippen LogP) is 4.69. The first-order valence-electron chi connectivity index (χ1n) is 10.5. The molecule has 0 saturated carbocycles. The van der Waals surface area contributed by atoms with Crippen LogP contribution in [0.4, 0.5) is 5.69 Å². The van der Waals surface area contributed by atoms with E-state index in [-0.39, 0.29) is 11.7 Å². The van der Waals surface area contributed by atoms with Crippen LogP contribution in [0.1, 0.15) is 0 Å². The van der Waals surface area contributed by atoms with Crippen LogP contribution in [0.15, 0.2) is 78.0 Å². The number of methoxy groups -OCH3 is 2. The third-order valence-corrected chi connectivity index (χ3v) is 6.21. The van der Waals surface area contributed by atoms with Crippen molar-refractivity contribution in [1.29, 1.82) is 0 Å². The Hall–Kier alpha value is -4.11. The highest BCUT2D eigenvalue weighted by atomic mass is 32.2. The molecule has 0 saturated heterocycles. The summed E-state index contributed by atoms with van der Waals surface area (Å²) in [4.78, 5) is 12.7. The highest BCUT2D eigenvalue weighted by molar-refractivity contribution is 7.99. The minimum atomic E-state index is -0.211. The zero-order valence-corrected chi connectivity index (χ0v) is 19.4. The maximum atomic E-state index is 12.7. The van der Waals surface area contributed by atoms with E-state index in [9.17, 15) is 4.79 Å². The van der Waals surface area contributed by atoms with Gasteiger partial charge in [0.05, 0.1) is 31.4 Å². The van der Waals surface area contributed by atoms with Gasteiger partial charge in [0.2, 0.25) is 11.1 Å². The molecule has 3 aromatic carbocycles. The third-order valence-electron chi connectivity index (χ3n) is 5.30. The molecule has 0 unspecified atom stereocenters. The lowest BCUT2D eigenvalue weighted by Gasteiger charge is -2.11. The average Bonchev–Trinajstić information content (AvgIpc) is 3.30. The quantitative estimate of drug-likeness (QED) is 0.344. The molecule has 9 heteroatoms. The number of nitrogens with one attached hydrogen (secondary N) is 1. The van der Waals surface area contributed by atoms with E-state index in [1.165, 1.54) is 11.8 Å². The summed E-state index contributed by atoms with van der Waals surface area (Å²) in [5.41, 5.74) is 3.01. The number of fused-ring (bicyclic) bond motifs is 3. The van der Waals surface area contributed by atoms with Crippen molar-refractivity contribution in [3.63, 3.8) is 0 Å². The Bertz CT molecular complexity index is 1490. The van der Waals surface area contributed by atoms with Gasteiger partial charge in [-0.1, -0.05) is 66.4 Å². The van der Waals surface area contributed by atoms with Gasteiger partial charge in [0.25, 0.3) is 0 Å². The standard InChI is InChI=1S/C25H21N5O3S/c1-32-17-12-13-21(33-2)20(14-17)26-22(31)15-34-25-28-27-24-19-11-7-6-10-18(19)23(29-30(24)25)16-8-4-3-5-9-16/h3-14H,15H2,1-2H3,(H,26,31). The normalized spacial score (nSPS) is 11.0. The molecule has 0 fully saturated rings. The van der Waals surface area contributed by atoms with Crippen molar-refractivity contribution in [3.8, 4) is 22.8 Å². The maximum Gasteiger partial charge on any atom is 0.234 e. The van der Waals surface area contributed by atoms with E-state index in [4.69, 9.17) is 14.6 Å². The molecule has 0 aliphatic rings. The molecule has 5 rings (SSSR count). The minimum absolute atomic E-state index is 0.121. The highest BCUT2D eigenvalue weighted by Crippen LogP contribution is 2.31. The Morgan fingerprint density at radius 2 is 1.71 bits per heavy atom. The van der Waals surface area contributed by atoms with Gasteiger partial charge in [0.1, 0.15) is 11.5 Å². The van der Waals surface area contributed by atoms with Gasteiger partial charge >= 0.3 is 0 Å². The highest BCUT2D eigenvalue weighted by Gasteiger charge is 2.17. The number of anilines is 1. The molecule has 0 aliphatic heterocycles. The number of thioether (sulfide) groups is 1. The summed E-state index contributed by atoms with van der Waals surface area (Å²) in [6, 6.07) is 23.2. The number of carbonyl (C=O) groups is 1. The first kappa shape index (κ1) is 21.7. The monoisotopic (exact) mass is 471 g/mol. The van der Waals surface area contributed by atoms with Crippen molar-refractivity contribution in [2.75, 3.05) is 25.3 Å². The Balaban J connectivity index is 1.44. The summed E-state index contributed by atoms with van der Waals surface area (Å²) in [5, 5.41) is 18.9. The molecule has 34 heavy (non-hydrogen) atoms. The topological polar surface area (TPSA) is 90.6 Å². The van der Waals surface area contributed by atoms with Gasteiger partial charge in [-0.15, -0.1) is 10.2 Å². The van der Waals surface area contributed by atoms with E-state index in [0.717, 1.165) is 22.0 Å².